The molecule has 3 amide bonds. The van der Waals surface area contributed by atoms with Crippen LogP contribution >= 0.6 is 11.6 Å². The molecule has 0 heterocycles. The number of rotatable bonds is 8. The lowest BCUT2D eigenvalue weighted by atomic mass is 9.87. The summed E-state index contributed by atoms with van der Waals surface area (Å²) in [6.07, 6.45) is 2.63. The van der Waals surface area contributed by atoms with Crippen LogP contribution in [0.25, 0.3) is 0 Å². The highest BCUT2D eigenvalue weighted by molar-refractivity contribution is 6.33. The average molecular weight is 474 g/mol. The lowest BCUT2D eigenvalue weighted by Gasteiger charge is -2.27. The average Bonchev–Trinajstić information content (AvgIpc) is 2.78. The molecule has 0 unspecified atom stereocenters. The van der Waals surface area contributed by atoms with E-state index in [1.807, 2.05) is 13.0 Å². The van der Waals surface area contributed by atoms with Gasteiger partial charge in [-0.2, -0.15) is 0 Å². The highest BCUT2D eigenvalue weighted by Crippen LogP contribution is 2.28. The van der Waals surface area contributed by atoms with Crippen LogP contribution in [-0.2, 0) is 4.79 Å². The molecule has 0 spiro atoms. The molecule has 0 atom stereocenters. The van der Waals surface area contributed by atoms with Crippen molar-refractivity contribution in [1.29, 1.82) is 0 Å². The van der Waals surface area contributed by atoms with Gasteiger partial charge in [0.05, 0.1) is 22.7 Å². The van der Waals surface area contributed by atoms with Crippen molar-refractivity contribution in [2.75, 3.05) is 18.4 Å². The summed E-state index contributed by atoms with van der Waals surface area (Å²) < 4.78 is 5.99. The zero-order valence-electron chi connectivity index (χ0n) is 18.4. The summed E-state index contributed by atoms with van der Waals surface area (Å²) >= 11 is 6.01. The van der Waals surface area contributed by atoms with Crippen molar-refractivity contribution in [3.05, 3.63) is 58.6 Å². The van der Waals surface area contributed by atoms with Gasteiger partial charge < -0.3 is 25.8 Å². The summed E-state index contributed by atoms with van der Waals surface area (Å²) in [7, 11) is 0. The topological polar surface area (TPSA) is 117 Å². The number of carboxylic acids is 1. The van der Waals surface area contributed by atoms with Crippen LogP contribution < -0.4 is 20.7 Å². The van der Waals surface area contributed by atoms with Gasteiger partial charge in [-0.1, -0.05) is 23.7 Å². The van der Waals surface area contributed by atoms with E-state index in [0.717, 1.165) is 5.56 Å². The molecule has 1 fully saturated rings. The van der Waals surface area contributed by atoms with Gasteiger partial charge in [-0.05, 0) is 68.5 Å². The lowest BCUT2D eigenvalue weighted by molar-refractivity contribution is -0.143. The fourth-order valence-electron chi connectivity index (χ4n) is 3.76. The minimum absolute atomic E-state index is 0.0114. The normalized spacial score (nSPS) is 17.6. The molecule has 1 aliphatic rings. The molecule has 33 heavy (non-hydrogen) atoms. The van der Waals surface area contributed by atoms with E-state index < -0.39 is 12.0 Å². The maximum absolute atomic E-state index is 12.5. The Morgan fingerprint density at radius 1 is 1.03 bits per heavy atom. The van der Waals surface area contributed by atoms with E-state index in [-0.39, 0.29) is 31.0 Å². The molecule has 2 aromatic rings. The summed E-state index contributed by atoms with van der Waals surface area (Å²) in [6, 6.07) is 11.8. The molecule has 0 aromatic heterocycles. The second-order valence-corrected chi connectivity index (χ2v) is 8.43. The van der Waals surface area contributed by atoms with Gasteiger partial charge in [0.1, 0.15) is 5.75 Å². The number of aliphatic carboxylic acids is 1. The van der Waals surface area contributed by atoms with Crippen LogP contribution in [0.1, 0.15) is 41.6 Å². The zero-order chi connectivity index (χ0) is 23.8. The molecule has 0 aliphatic heterocycles. The van der Waals surface area contributed by atoms with E-state index in [0.29, 0.717) is 47.7 Å². The minimum Gasteiger partial charge on any atom is -0.490 e. The van der Waals surface area contributed by atoms with Crippen molar-refractivity contribution in [3.63, 3.8) is 0 Å². The van der Waals surface area contributed by atoms with E-state index >= 15 is 0 Å². The number of anilines is 1. The quantitative estimate of drug-likeness (QED) is 0.428. The van der Waals surface area contributed by atoms with Crippen LogP contribution in [0.5, 0.6) is 5.75 Å². The van der Waals surface area contributed by atoms with E-state index in [2.05, 4.69) is 16.0 Å². The first kappa shape index (κ1) is 24.4. The Morgan fingerprint density at radius 3 is 2.39 bits per heavy atom. The maximum atomic E-state index is 12.5. The van der Waals surface area contributed by atoms with Gasteiger partial charge in [-0.3, -0.25) is 9.59 Å². The number of carboxylic acid groups (broad SMARTS) is 1. The van der Waals surface area contributed by atoms with Crippen molar-refractivity contribution in [3.8, 4) is 5.75 Å². The van der Waals surface area contributed by atoms with Gasteiger partial charge >= 0.3 is 12.0 Å². The van der Waals surface area contributed by atoms with Gasteiger partial charge in [0.2, 0.25) is 0 Å². The van der Waals surface area contributed by atoms with E-state index in [4.69, 9.17) is 21.4 Å². The second kappa shape index (κ2) is 11.6. The Morgan fingerprint density at radius 2 is 1.73 bits per heavy atom. The minimum atomic E-state index is -0.740. The van der Waals surface area contributed by atoms with Crippen molar-refractivity contribution < 1.29 is 24.2 Å². The molecule has 0 saturated heterocycles. The molecule has 1 aliphatic carbocycles. The van der Waals surface area contributed by atoms with Gasteiger partial charge in [0.15, 0.2) is 0 Å². The maximum Gasteiger partial charge on any atom is 0.319 e. The first-order chi connectivity index (χ1) is 15.8. The van der Waals surface area contributed by atoms with Crippen LogP contribution in [0.3, 0.4) is 0 Å². The number of para-hydroxylation sites is 1. The zero-order valence-corrected chi connectivity index (χ0v) is 19.2. The fourth-order valence-corrected chi connectivity index (χ4v) is 3.94. The monoisotopic (exact) mass is 473 g/mol. The van der Waals surface area contributed by atoms with Crippen LogP contribution in [0.15, 0.2) is 42.5 Å². The lowest BCUT2D eigenvalue weighted by Crippen LogP contribution is -2.37. The molecule has 8 nitrogen and oxygen atoms in total. The van der Waals surface area contributed by atoms with Gasteiger partial charge in [0, 0.05) is 18.7 Å². The van der Waals surface area contributed by atoms with Crippen LogP contribution in [0.2, 0.25) is 5.02 Å². The first-order valence-electron chi connectivity index (χ1n) is 10.9. The molecule has 176 valence electrons. The summed E-state index contributed by atoms with van der Waals surface area (Å²) in [5.74, 6) is -0.597. The number of amides is 3. The summed E-state index contributed by atoms with van der Waals surface area (Å²) in [4.78, 5) is 35.5. The number of benzene rings is 2. The van der Waals surface area contributed by atoms with Gasteiger partial charge in [0.25, 0.3) is 5.91 Å². The standard InChI is InChI=1S/C24H28ClN3O5/c1-15-14-18(33-17-8-6-16(7-9-17)23(30)31)10-11-19(15)22(29)26-12-13-27-24(32)28-21-5-3-2-4-20(21)25/h2-5,10-11,14,16-17H,6-9,12-13H2,1H3,(H,26,29)(H,30,31)(H2,27,28,32). The summed E-state index contributed by atoms with van der Waals surface area (Å²) in [5, 5.41) is 17.6. The predicted octanol–water partition coefficient (Wildman–Crippen LogP) is 4.22. The number of hydrogen-bond acceptors (Lipinski definition) is 4. The molecular weight excluding hydrogens is 446 g/mol. The Labute approximate surface area is 197 Å². The van der Waals surface area contributed by atoms with Crippen LogP contribution in [-0.4, -0.2) is 42.2 Å². The van der Waals surface area contributed by atoms with Crippen molar-refractivity contribution in [2.24, 2.45) is 5.92 Å². The van der Waals surface area contributed by atoms with Crippen molar-refractivity contribution in [1.82, 2.24) is 10.6 Å². The molecule has 9 heteroatoms. The van der Waals surface area contributed by atoms with Crippen molar-refractivity contribution in [2.45, 2.75) is 38.7 Å². The molecule has 4 N–H and O–H groups in total. The highest BCUT2D eigenvalue weighted by Gasteiger charge is 2.27. The van der Waals surface area contributed by atoms with E-state index in [9.17, 15) is 14.4 Å². The number of halogens is 1. The third-order valence-electron chi connectivity index (χ3n) is 5.59. The Hall–Kier alpha value is -3.26. The number of ether oxygens (including phenoxy) is 1. The summed E-state index contributed by atoms with van der Waals surface area (Å²) in [6.45, 7) is 2.35. The molecule has 0 bridgehead atoms. The largest absolute Gasteiger partial charge is 0.490 e. The van der Waals surface area contributed by atoms with E-state index in [1.54, 1.807) is 36.4 Å². The van der Waals surface area contributed by atoms with E-state index in [1.165, 1.54) is 0 Å². The third kappa shape index (κ3) is 7.12. The molecule has 2 aromatic carbocycles. The fraction of sp³-hybridized carbons (Fsp3) is 0.375. The predicted molar refractivity (Wildman–Crippen MR) is 126 cm³/mol. The molecule has 3 rings (SSSR count). The van der Waals surface area contributed by atoms with Gasteiger partial charge in [-0.15, -0.1) is 0 Å². The molecular formula is C24H28ClN3O5. The number of hydrogen-bond donors (Lipinski definition) is 4. The van der Waals surface area contributed by atoms with Crippen LogP contribution in [0, 0.1) is 12.8 Å². The Bertz CT molecular complexity index is 1010. The Balaban J connectivity index is 1.41. The summed E-state index contributed by atoms with van der Waals surface area (Å²) in [5.41, 5.74) is 1.81. The first-order valence-corrected chi connectivity index (χ1v) is 11.3. The SMILES string of the molecule is Cc1cc(OC2CCC(C(=O)O)CC2)ccc1C(=O)NCCNC(=O)Nc1ccccc1Cl. The van der Waals surface area contributed by atoms with Crippen LogP contribution in [0.4, 0.5) is 10.5 Å². The third-order valence-corrected chi connectivity index (χ3v) is 5.92. The highest BCUT2D eigenvalue weighted by atomic mass is 35.5. The van der Waals surface area contributed by atoms with Crippen molar-refractivity contribution >= 4 is 35.2 Å². The number of nitrogens with one attached hydrogen (secondary N) is 3. The number of urea groups is 1. The Kier molecular flexibility index (Phi) is 8.54. The second-order valence-electron chi connectivity index (χ2n) is 8.02. The number of carbonyl (C=O) groups is 3. The molecule has 0 radical (unpaired) electrons. The molecule has 1 saturated carbocycles. The van der Waals surface area contributed by atoms with Gasteiger partial charge in [-0.25, -0.2) is 4.79 Å². The number of aryl methyl sites for hydroxylation is 1. The smallest absolute Gasteiger partial charge is 0.319 e. The number of carbonyl (C=O) groups excluding carboxylic acids is 2.